The molecule has 1 nitrogen and oxygen atoms in total. The Labute approximate surface area is 236 Å². The summed E-state index contributed by atoms with van der Waals surface area (Å²) in [5, 5.41) is 0. The van der Waals surface area contributed by atoms with Gasteiger partial charge in [-0.05, 0) is 130 Å². The second-order valence-corrected chi connectivity index (χ2v) is 12.2. The van der Waals surface area contributed by atoms with Crippen LogP contribution in [0.4, 0.5) is 8.78 Å². The van der Waals surface area contributed by atoms with E-state index in [1.807, 2.05) is 6.92 Å². The third-order valence-corrected chi connectivity index (χ3v) is 9.33. The van der Waals surface area contributed by atoms with Crippen LogP contribution in [0, 0.1) is 29.4 Å². The molecule has 2 aromatic carbocycles. The van der Waals surface area contributed by atoms with Crippen LogP contribution in [0.3, 0.4) is 0 Å². The number of rotatable bonds is 13. The smallest absolute Gasteiger partial charge is 0.200 e. The van der Waals surface area contributed by atoms with E-state index >= 15 is 0 Å². The van der Waals surface area contributed by atoms with Gasteiger partial charge in [0.25, 0.3) is 0 Å². The average Bonchev–Trinajstić information content (AvgIpc) is 2.97. The molecule has 0 unspecified atom stereocenters. The van der Waals surface area contributed by atoms with Crippen molar-refractivity contribution in [3.8, 4) is 5.75 Å². The van der Waals surface area contributed by atoms with Crippen LogP contribution in [-0.4, -0.2) is 6.61 Å². The molecule has 2 aromatic rings. The summed E-state index contributed by atoms with van der Waals surface area (Å²) in [6.07, 6.45) is 22.5. The van der Waals surface area contributed by atoms with Crippen molar-refractivity contribution in [3.05, 3.63) is 76.9 Å². The molecule has 0 atom stereocenters. The number of ether oxygens (including phenoxy) is 1. The lowest BCUT2D eigenvalue weighted by Crippen LogP contribution is -2.25. The summed E-state index contributed by atoms with van der Waals surface area (Å²) in [4.78, 5) is 0. The monoisotopic (exact) mass is 536 g/mol. The molecule has 3 heteroatoms. The first kappa shape index (κ1) is 29.8. The molecule has 0 saturated heterocycles. The number of halogens is 2. The van der Waals surface area contributed by atoms with Crippen molar-refractivity contribution in [2.75, 3.05) is 6.61 Å². The van der Waals surface area contributed by atoms with Gasteiger partial charge in [-0.3, -0.25) is 0 Å². The fourth-order valence-corrected chi connectivity index (χ4v) is 6.89. The van der Waals surface area contributed by atoms with E-state index in [0.717, 1.165) is 62.7 Å². The van der Waals surface area contributed by atoms with Crippen molar-refractivity contribution >= 4 is 0 Å². The van der Waals surface area contributed by atoms with Crippen LogP contribution in [0.1, 0.15) is 120 Å². The average molecular weight is 537 g/mol. The summed E-state index contributed by atoms with van der Waals surface area (Å²) in [6, 6.07) is 12.6. The van der Waals surface area contributed by atoms with Gasteiger partial charge in [-0.15, -0.1) is 0 Å². The number of allylic oxidation sites excluding steroid dienone is 2. The van der Waals surface area contributed by atoms with Crippen molar-refractivity contribution in [2.45, 2.75) is 116 Å². The van der Waals surface area contributed by atoms with E-state index in [4.69, 9.17) is 4.74 Å². The maximum absolute atomic E-state index is 14.8. The van der Waals surface area contributed by atoms with Gasteiger partial charge in [-0.1, -0.05) is 69.2 Å². The van der Waals surface area contributed by atoms with Crippen LogP contribution in [0.5, 0.6) is 5.75 Å². The Bertz CT molecular complexity index is 1010. The molecule has 2 aliphatic rings. The Kier molecular flexibility index (Phi) is 11.9. The highest BCUT2D eigenvalue weighted by Gasteiger charge is 2.32. The molecule has 0 aliphatic heterocycles. The molecule has 4 rings (SSSR count). The lowest BCUT2D eigenvalue weighted by Gasteiger charge is -2.37. The van der Waals surface area contributed by atoms with E-state index < -0.39 is 11.6 Å². The molecule has 39 heavy (non-hydrogen) atoms. The van der Waals surface area contributed by atoms with E-state index in [1.165, 1.54) is 62.5 Å². The Balaban J connectivity index is 1.15. The van der Waals surface area contributed by atoms with Crippen LogP contribution in [-0.2, 0) is 12.8 Å². The third-order valence-electron chi connectivity index (χ3n) is 9.33. The molecular formula is C36H50F2O. The minimum Gasteiger partial charge on any atom is -0.490 e. The van der Waals surface area contributed by atoms with Crippen molar-refractivity contribution in [1.29, 1.82) is 0 Å². The van der Waals surface area contributed by atoms with Crippen molar-refractivity contribution in [2.24, 2.45) is 17.8 Å². The summed E-state index contributed by atoms with van der Waals surface area (Å²) in [5.74, 6) is 0.943. The normalized spacial score (nSPS) is 23.8. The highest BCUT2D eigenvalue weighted by Crippen LogP contribution is 2.45. The van der Waals surface area contributed by atoms with E-state index in [2.05, 4.69) is 43.3 Å². The summed E-state index contributed by atoms with van der Waals surface area (Å²) in [5.41, 5.74) is 3.47. The molecule has 0 bridgehead atoms. The molecule has 214 valence electrons. The topological polar surface area (TPSA) is 9.23 Å². The molecule has 0 radical (unpaired) electrons. The fraction of sp³-hybridized carbons (Fsp3) is 0.611. The Hall–Kier alpha value is -2.16. The molecule has 2 saturated carbocycles. The van der Waals surface area contributed by atoms with Crippen LogP contribution < -0.4 is 4.74 Å². The maximum atomic E-state index is 14.8. The van der Waals surface area contributed by atoms with Crippen LogP contribution in [0.15, 0.2) is 48.6 Å². The van der Waals surface area contributed by atoms with Gasteiger partial charge in [0.2, 0.25) is 5.82 Å². The van der Waals surface area contributed by atoms with Gasteiger partial charge in [0.1, 0.15) is 0 Å². The van der Waals surface area contributed by atoms with Gasteiger partial charge in [0, 0.05) is 0 Å². The summed E-state index contributed by atoms with van der Waals surface area (Å²) < 4.78 is 34.7. The lowest BCUT2D eigenvalue weighted by molar-refractivity contribution is 0.170. The molecule has 2 aliphatic carbocycles. The van der Waals surface area contributed by atoms with Gasteiger partial charge in [0.05, 0.1) is 6.61 Å². The summed E-state index contributed by atoms with van der Waals surface area (Å²) in [6.45, 7) is 4.63. The Morgan fingerprint density at radius 3 is 2.00 bits per heavy atom. The van der Waals surface area contributed by atoms with Gasteiger partial charge < -0.3 is 4.74 Å². The minimum atomic E-state index is -0.815. The number of hydrogen-bond donors (Lipinski definition) is 0. The number of aryl methyl sites for hydroxylation is 2. The van der Waals surface area contributed by atoms with Gasteiger partial charge in [-0.25, -0.2) is 4.39 Å². The zero-order valence-corrected chi connectivity index (χ0v) is 24.4. The van der Waals surface area contributed by atoms with Crippen LogP contribution in [0.2, 0.25) is 0 Å². The SMILES string of the molecule is CCCCCc1ccc(CCC=CC2CCC(C3CCC(c4ccc(OCCC)c(F)c4F)CC3)CC2)cc1. The standard InChI is InChI=1S/C36H50F2O/c1-3-5-6-9-27-12-14-28(15-13-27)10-7-8-11-29-16-18-30(19-17-29)31-20-22-32(23-21-31)33-24-25-34(39-26-4-2)36(38)35(33)37/h8,11-15,24-25,29-32H,3-7,9-10,16-23,26H2,1-2H3. The van der Waals surface area contributed by atoms with E-state index in [0.29, 0.717) is 12.2 Å². The first-order valence-corrected chi connectivity index (χ1v) is 15.9. The van der Waals surface area contributed by atoms with Crippen LogP contribution >= 0.6 is 0 Å². The number of hydrogen-bond acceptors (Lipinski definition) is 1. The number of unbranched alkanes of at least 4 members (excludes halogenated alkanes) is 2. The fourth-order valence-electron chi connectivity index (χ4n) is 6.89. The quantitative estimate of drug-likeness (QED) is 0.183. The predicted octanol–water partition coefficient (Wildman–Crippen LogP) is 10.8. The van der Waals surface area contributed by atoms with E-state index in [9.17, 15) is 8.78 Å². The highest BCUT2D eigenvalue weighted by atomic mass is 19.2. The third kappa shape index (κ3) is 8.66. The first-order valence-electron chi connectivity index (χ1n) is 15.9. The molecular weight excluding hydrogens is 486 g/mol. The molecule has 2 fully saturated rings. The second-order valence-electron chi connectivity index (χ2n) is 12.2. The minimum absolute atomic E-state index is 0.0458. The summed E-state index contributed by atoms with van der Waals surface area (Å²) >= 11 is 0. The highest BCUT2D eigenvalue weighted by molar-refractivity contribution is 5.33. The molecule has 0 aromatic heterocycles. The van der Waals surface area contributed by atoms with E-state index in [1.54, 1.807) is 12.1 Å². The molecule has 0 N–H and O–H groups in total. The maximum Gasteiger partial charge on any atom is 0.200 e. The predicted molar refractivity (Wildman–Crippen MR) is 159 cm³/mol. The van der Waals surface area contributed by atoms with Crippen molar-refractivity contribution in [3.63, 3.8) is 0 Å². The zero-order chi connectivity index (χ0) is 27.5. The Morgan fingerprint density at radius 1 is 0.718 bits per heavy atom. The summed E-state index contributed by atoms with van der Waals surface area (Å²) in [7, 11) is 0. The number of benzene rings is 2. The molecule has 0 amide bonds. The van der Waals surface area contributed by atoms with Crippen LogP contribution in [0.25, 0.3) is 0 Å². The molecule has 0 heterocycles. The zero-order valence-electron chi connectivity index (χ0n) is 24.4. The van der Waals surface area contributed by atoms with Crippen molar-refractivity contribution < 1.29 is 13.5 Å². The first-order chi connectivity index (χ1) is 19.1. The Morgan fingerprint density at radius 2 is 1.36 bits per heavy atom. The van der Waals surface area contributed by atoms with Gasteiger partial charge >= 0.3 is 0 Å². The molecule has 0 spiro atoms. The van der Waals surface area contributed by atoms with E-state index in [-0.39, 0.29) is 11.7 Å². The second kappa shape index (κ2) is 15.6. The largest absolute Gasteiger partial charge is 0.490 e. The van der Waals surface area contributed by atoms with Gasteiger partial charge in [0.15, 0.2) is 11.6 Å². The van der Waals surface area contributed by atoms with Crippen molar-refractivity contribution in [1.82, 2.24) is 0 Å². The lowest BCUT2D eigenvalue weighted by atomic mass is 9.68. The van der Waals surface area contributed by atoms with Gasteiger partial charge in [-0.2, -0.15) is 4.39 Å².